The molecule has 0 spiro atoms. The minimum Gasteiger partial charge on any atom is -0.483 e. The van der Waals surface area contributed by atoms with Crippen LogP contribution in [0.15, 0.2) is 42.5 Å². The van der Waals surface area contributed by atoms with Crippen molar-refractivity contribution in [3.63, 3.8) is 0 Å². The molecule has 2 atom stereocenters. The van der Waals surface area contributed by atoms with Crippen molar-refractivity contribution in [1.82, 2.24) is 9.80 Å². The van der Waals surface area contributed by atoms with Crippen molar-refractivity contribution in [2.75, 3.05) is 26.8 Å². The van der Waals surface area contributed by atoms with E-state index in [1.54, 1.807) is 24.3 Å². The van der Waals surface area contributed by atoms with Gasteiger partial charge in [-0.3, -0.25) is 9.69 Å². The molecule has 0 aromatic heterocycles. The van der Waals surface area contributed by atoms with Gasteiger partial charge < -0.3 is 14.4 Å². The molecular formula is C25H30ClFN2O4. The molecule has 1 fully saturated rings. The fraction of sp³-hybridized carbons (Fsp3) is 0.440. The van der Waals surface area contributed by atoms with Gasteiger partial charge in [-0.2, -0.15) is 0 Å². The van der Waals surface area contributed by atoms with Crippen molar-refractivity contribution in [2.24, 2.45) is 0 Å². The molecule has 2 unspecified atom stereocenters. The fourth-order valence-corrected chi connectivity index (χ4v) is 4.36. The molecule has 6 nitrogen and oxygen atoms in total. The van der Waals surface area contributed by atoms with Crippen LogP contribution in [0.2, 0.25) is 5.02 Å². The number of carbonyl (C=O) groups is 2. The van der Waals surface area contributed by atoms with Gasteiger partial charge in [-0.15, -0.1) is 0 Å². The molecule has 0 radical (unpaired) electrons. The highest BCUT2D eigenvalue weighted by Crippen LogP contribution is 2.25. The molecule has 0 N–H and O–H groups in total. The Bertz CT molecular complexity index is 969. The van der Waals surface area contributed by atoms with Crippen LogP contribution in [0.25, 0.3) is 0 Å². The van der Waals surface area contributed by atoms with Gasteiger partial charge in [-0.05, 0) is 48.7 Å². The molecule has 1 aliphatic rings. The maximum absolute atomic E-state index is 13.3. The Balaban J connectivity index is 1.68. The normalized spacial score (nSPS) is 18.8. The number of methoxy groups -OCH3 is 1. The Morgan fingerprint density at radius 1 is 1.06 bits per heavy atom. The van der Waals surface area contributed by atoms with Crippen LogP contribution in [0.3, 0.4) is 0 Å². The lowest BCUT2D eigenvalue weighted by molar-refractivity contribution is -0.140. The van der Waals surface area contributed by atoms with Gasteiger partial charge in [-0.1, -0.05) is 37.6 Å². The van der Waals surface area contributed by atoms with Gasteiger partial charge in [0, 0.05) is 36.7 Å². The second-order valence-electron chi connectivity index (χ2n) is 8.15. The summed E-state index contributed by atoms with van der Waals surface area (Å²) in [5.41, 5.74) is 1.23. The summed E-state index contributed by atoms with van der Waals surface area (Å²) in [6.07, 6.45) is 1.68. The zero-order valence-electron chi connectivity index (χ0n) is 19.2. The van der Waals surface area contributed by atoms with E-state index in [4.69, 9.17) is 21.1 Å². The molecule has 2 aromatic rings. The first-order valence-electron chi connectivity index (χ1n) is 11.1. The van der Waals surface area contributed by atoms with Crippen molar-refractivity contribution >= 4 is 23.5 Å². The molecule has 8 heteroatoms. The average Bonchev–Trinajstić information content (AvgIpc) is 2.83. The highest BCUT2D eigenvalue weighted by molar-refractivity contribution is 6.31. The summed E-state index contributed by atoms with van der Waals surface area (Å²) in [5.74, 6) is -0.697. The first-order valence-corrected chi connectivity index (χ1v) is 11.5. The van der Waals surface area contributed by atoms with Crippen LogP contribution >= 0.6 is 11.6 Å². The number of hydrogen-bond donors (Lipinski definition) is 0. The van der Waals surface area contributed by atoms with E-state index in [-0.39, 0.29) is 41.7 Å². The van der Waals surface area contributed by atoms with Crippen LogP contribution in [-0.4, -0.2) is 60.6 Å². The molecule has 0 bridgehead atoms. The van der Waals surface area contributed by atoms with E-state index in [1.807, 2.05) is 4.90 Å². The number of amides is 1. The molecular weight excluding hydrogens is 447 g/mol. The Morgan fingerprint density at radius 2 is 1.76 bits per heavy atom. The monoisotopic (exact) mass is 476 g/mol. The van der Waals surface area contributed by atoms with Gasteiger partial charge in [0.1, 0.15) is 17.1 Å². The predicted molar refractivity (Wildman–Crippen MR) is 125 cm³/mol. The van der Waals surface area contributed by atoms with Gasteiger partial charge in [-0.25, -0.2) is 9.18 Å². The van der Waals surface area contributed by atoms with Gasteiger partial charge >= 0.3 is 5.97 Å². The maximum Gasteiger partial charge on any atom is 0.341 e. The lowest BCUT2D eigenvalue weighted by Gasteiger charge is -2.46. The first kappa shape index (κ1) is 25.0. The predicted octanol–water partition coefficient (Wildman–Crippen LogP) is 4.55. The second kappa shape index (κ2) is 11.5. The Labute approximate surface area is 199 Å². The average molecular weight is 477 g/mol. The number of esters is 1. The fourth-order valence-electron chi connectivity index (χ4n) is 4.19. The van der Waals surface area contributed by atoms with E-state index in [1.165, 1.54) is 25.3 Å². The summed E-state index contributed by atoms with van der Waals surface area (Å²) in [5, 5.41) is 0.378. The van der Waals surface area contributed by atoms with E-state index in [9.17, 15) is 14.0 Å². The van der Waals surface area contributed by atoms with Gasteiger partial charge in [0.15, 0.2) is 6.61 Å². The van der Waals surface area contributed by atoms with Crippen molar-refractivity contribution in [3.8, 4) is 5.75 Å². The molecule has 178 valence electrons. The van der Waals surface area contributed by atoms with E-state index in [2.05, 4.69) is 18.7 Å². The van der Waals surface area contributed by atoms with E-state index in [0.29, 0.717) is 18.1 Å². The highest BCUT2D eigenvalue weighted by atomic mass is 35.5. The number of halogens is 2. The number of nitrogens with zero attached hydrogens (tertiary/aromatic N) is 2. The maximum atomic E-state index is 13.3. The van der Waals surface area contributed by atoms with Crippen molar-refractivity contribution in [3.05, 3.63) is 64.4 Å². The molecule has 0 saturated carbocycles. The molecule has 0 aliphatic carbocycles. The molecule has 1 aliphatic heterocycles. The van der Waals surface area contributed by atoms with Crippen molar-refractivity contribution in [1.29, 1.82) is 0 Å². The third-order valence-electron chi connectivity index (χ3n) is 6.07. The number of rotatable bonds is 8. The largest absolute Gasteiger partial charge is 0.483 e. The zero-order chi connectivity index (χ0) is 24.0. The minimum atomic E-state index is -0.577. The van der Waals surface area contributed by atoms with Crippen LogP contribution in [0.1, 0.15) is 42.6 Å². The summed E-state index contributed by atoms with van der Waals surface area (Å²) in [7, 11) is 1.28. The van der Waals surface area contributed by atoms with Crippen LogP contribution < -0.4 is 4.74 Å². The Morgan fingerprint density at radius 3 is 2.39 bits per heavy atom. The lowest BCUT2D eigenvalue weighted by atomic mass is 10.0. The number of ether oxygens (including phenoxy) is 2. The van der Waals surface area contributed by atoms with E-state index in [0.717, 1.165) is 24.9 Å². The quantitative estimate of drug-likeness (QED) is 0.523. The number of hydrogen-bond acceptors (Lipinski definition) is 5. The molecule has 3 rings (SSSR count). The Hall–Kier alpha value is -2.64. The molecule has 1 saturated heterocycles. The summed E-state index contributed by atoms with van der Waals surface area (Å²) < 4.78 is 23.8. The number of carbonyl (C=O) groups excluding carboxylic acids is 2. The summed E-state index contributed by atoms with van der Waals surface area (Å²) >= 11 is 5.99. The van der Waals surface area contributed by atoms with Gasteiger partial charge in [0.05, 0.1) is 7.11 Å². The molecule has 33 heavy (non-hydrogen) atoms. The third kappa shape index (κ3) is 6.24. The first-order chi connectivity index (χ1) is 15.9. The lowest BCUT2D eigenvalue weighted by Crippen LogP contribution is -2.59. The highest BCUT2D eigenvalue weighted by Gasteiger charge is 2.35. The number of piperazine rings is 1. The summed E-state index contributed by atoms with van der Waals surface area (Å²) in [6.45, 7) is 6.00. The molecule has 2 aromatic carbocycles. The van der Waals surface area contributed by atoms with Crippen LogP contribution in [-0.2, 0) is 16.1 Å². The second-order valence-corrected chi connectivity index (χ2v) is 8.58. The number of benzene rings is 2. The van der Waals surface area contributed by atoms with Crippen LogP contribution in [0.4, 0.5) is 4.39 Å². The molecule has 1 heterocycles. The van der Waals surface area contributed by atoms with E-state index < -0.39 is 5.97 Å². The van der Waals surface area contributed by atoms with Crippen LogP contribution in [0, 0.1) is 5.82 Å². The smallest absolute Gasteiger partial charge is 0.341 e. The minimum absolute atomic E-state index is 0.0367. The van der Waals surface area contributed by atoms with E-state index >= 15 is 0 Å². The van der Waals surface area contributed by atoms with Gasteiger partial charge in [0.2, 0.25) is 0 Å². The Kier molecular flexibility index (Phi) is 8.69. The SMILES string of the molecule is CCC1CN(C(=O)COc2ccc(Cl)cc2C(=O)OC)C(CC)CN1Cc1ccc(F)cc1. The topological polar surface area (TPSA) is 59.1 Å². The summed E-state index contributed by atoms with van der Waals surface area (Å²) in [6, 6.07) is 11.4. The standard InChI is InChI=1S/C25H30ClFN2O4/c1-4-20-15-29(21(5-2)14-28(20)13-17-6-9-19(27)10-7-17)24(30)16-33-23-11-8-18(26)12-22(23)25(31)32-3/h6-12,20-21H,4-5,13-16H2,1-3H3. The summed E-state index contributed by atoms with van der Waals surface area (Å²) in [4.78, 5) is 29.4. The third-order valence-corrected chi connectivity index (χ3v) is 6.30. The van der Waals surface area contributed by atoms with Gasteiger partial charge in [0.25, 0.3) is 5.91 Å². The van der Waals surface area contributed by atoms with Crippen LogP contribution in [0.5, 0.6) is 5.75 Å². The van der Waals surface area contributed by atoms with Crippen molar-refractivity contribution < 1.29 is 23.5 Å². The van der Waals surface area contributed by atoms with Crippen molar-refractivity contribution in [2.45, 2.75) is 45.3 Å². The molecule has 1 amide bonds. The zero-order valence-corrected chi connectivity index (χ0v) is 20.0.